The van der Waals surface area contributed by atoms with Crippen molar-refractivity contribution in [1.29, 1.82) is 0 Å². The van der Waals surface area contributed by atoms with Crippen LogP contribution in [0, 0.1) is 69.0 Å². The zero-order valence-corrected chi connectivity index (χ0v) is 36.8. The molecule has 8 rings (SSSR count). The van der Waals surface area contributed by atoms with Gasteiger partial charge < -0.3 is 32.3 Å². The van der Waals surface area contributed by atoms with Gasteiger partial charge in [0, 0.05) is 12.1 Å². The molecule has 57 heavy (non-hydrogen) atoms. The van der Waals surface area contributed by atoms with Gasteiger partial charge >= 0.3 is 0 Å². The molecule has 8 fully saturated rings. The molecule has 0 aliphatic heterocycles. The topological polar surface area (TPSA) is 117 Å². The smallest absolute Gasteiger partial charge is 0.0543 e. The molecule has 0 heterocycles. The summed E-state index contributed by atoms with van der Waals surface area (Å²) < 4.78 is 0. The monoisotopic (exact) mass is 793 g/mol. The summed E-state index contributed by atoms with van der Waals surface area (Å²) in [5, 5.41) is 28.8. The van der Waals surface area contributed by atoms with E-state index in [0.717, 1.165) is 76.5 Å². The van der Waals surface area contributed by atoms with Crippen LogP contribution >= 0.6 is 0 Å². The second-order valence-corrected chi connectivity index (χ2v) is 22.5. The van der Waals surface area contributed by atoms with Crippen molar-refractivity contribution in [2.24, 2.45) is 80.5 Å². The third kappa shape index (κ3) is 8.82. The molecule has 0 radical (unpaired) electrons. The number of hydrogen-bond acceptors (Lipinski definition) is 6. The highest BCUT2D eigenvalue weighted by Gasteiger charge is 2.58. The van der Waals surface area contributed by atoms with Gasteiger partial charge in [-0.25, -0.2) is 0 Å². The minimum atomic E-state index is -0.111. The minimum Gasteiger partial charge on any atom is -0.393 e. The number of hydrogen-bond donors (Lipinski definition) is 6. The van der Waals surface area contributed by atoms with Gasteiger partial charge in [0.15, 0.2) is 0 Å². The van der Waals surface area contributed by atoms with Crippen molar-refractivity contribution in [2.75, 3.05) is 26.2 Å². The van der Waals surface area contributed by atoms with Crippen LogP contribution in [-0.2, 0) is 0 Å². The van der Waals surface area contributed by atoms with Crippen LogP contribution in [0.15, 0.2) is 24.3 Å². The lowest BCUT2D eigenvalue weighted by Crippen LogP contribution is -2.54. The van der Waals surface area contributed by atoms with E-state index < -0.39 is 0 Å². The first-order valence-corrected chi connectivity index (χ1v) is 24.4. The number of allylic oxidation sites excluding steroid dienone is 2. The lowest BCUT2D eigenvalue weighted by atomic mass is 9.49. The molecular weight excluding hydrogens is 701 g/mol. The lowest BCUT2D eigenvalue weighted by Gasteiger charge is -2.57. The maximum absolute atomic E-state index is 10.5. The standard InChI is InChI=1S/2C25H44N2O.CH4/c2*1-17-8-9-22-21(15-26)23(11-13-24(17,22)2)25(3)12-10-20(28)14-18(25)16-27-19-6-4-5-7-19;/h2*18-23,27-28H,1,4-16,26H2,2-3H3;1H4/t2*18-,20+,21+,22?,23?,24-,25+;/m11./s1. The molecule has 0 aromatic heterocycles. The van der Waals surface area contributed by atoms with Crippen LogP contribution in [0.3, 0.4) is 0 Å². The molecule has 0 amide bonds. The van der Waals surface area contributed by atoms with E-state index in [2.05, 4.69) is 51.5 Å². The zero-order valence-electron chi connectivity index (χ0n) is 36.8. The van der Waals surface area contributed by atoms with E-state index in [4.69, 9.17) is 11.5 Å². The average molecular weight is 793 g/mol. The Morgan fingerprint density at radius 3 is 1.26 bits per heavy atom. The quantitative estimate of drug-likeness (QED) is 0.123. The first-order valence-electron chi connectivity index (χ1n) is 24.4. The van der Waals surface area contributed by atoms with Crippen LogP contribution in [0.25, 0.3) is 0 Å². The minimum absolute atomic E-state index is 0. The summed E-state index contributed by atoms with van der Waals surface area (Å²) in [6.07, 6.45) is 27.0. The van der Waals surface area contributed by atoms with Crippen molar-refractivity contribution in [3.05, 3.63) is 24.3 Å². The van der Waals surface area contributed by atoms with Gasteiger partial charge in [-0.15, -0.1) is 0 Å². The Morgan fingerprint density at radius 1 is 0.544 bits per heavy atom. The third-order valence-electron chi connectivity index (χ3n) is 20.0. The van der Waals surface area contributed by atoms with Crippen LogP contribution in [0.1, 0.15) is 176 Å². The van der Waals surface area contributed by atoms with Gasteiger partial charge in [0.05, 0.1) is 12.2 Å². The van der Waals surface area contributed by atoms with Crippen LogP contribution in [0.5, 0.6) is 0 Å². The molecular formula is C51H92N4O2. The fourth-order valence-electron chi connectivity index (χ4n) is 16.0. The van der Waals surface area contributed by atoms with Crippen molar-refractivity contribution in [2.45, 2.75) is 201 Å². The van der Waals surface area contributed by atoms with Gasteiger partial charge in [0.1, 0.15) is 0 Å². The number of aliphatic hydroxyl groups is 2. The van der Waals surface area contributed by atoms with Gasteiger partial charge in [-0.3, -0.25) is 0 Å². The highest BCUT2D eigenvalue weighted by atomic mass is 16.3. The molecule has 0 saturated heterocycles. The van der Waals surface area contributed by atoms with Crippen LogP contribution < -0.4 is 22.1 Å². The van der Waals surface area contributed by atoms with Crippen molar-refractivity contribution in [3.8, 4) is 0 Å². The summed E-state index contributed by atoms with van der Waals surface area (Å²) in [7, 11) is 0. The molecule has 0 spiro atoms. The molecule has 8 aliphatic carbocycles. The normalized spacial score (nSPS) is 46.6. The molecule has 6 heteroatoms. The zero-order chi connectivity index (χ0) is 39.9. The first kappa shape index (κ1) is 45.8. The Morgan fingerprint density at radius 2 is 0.912 bits per heavy atom. The largest absolute Gasteiger partial charge is 0.393 e. The van der Waals surface area contributed by atoms with Gasteiger partial charge in [0.25, 0.3) is 0 Å². The summed E-state index contributed by atoms with van der Waals surface area (Å²) in [5.74, 6) is 5.22. The van der Waals surface area contributed by atoms with Gasteiger partial charge in [-0.2, -0.15) is 0 Å². The molecule has 0 aromatic carbocycles. The Kier molecular flexibility index (Phi) is 15.0. The van der Waals surface area contributed by atoms with E-state index >= 15 is 0 Å². The number of nitrogens with one attached hydrogen (secondary N) is 2. The Hall–Kier alpha value is -0.760. The number of aliphatic hydroxyl groups excluding tert-OH is 2. The van der Waals surface area contributed by atoms with Crippen LogP contribution in [0.4, 0.5) is 0 Å². The van der Waals surface area contributed by atoms with Crippen molar-refractivity contribution in [1.82, 2.24) is 10.6 Å². The van der Waals surface area contributed by atoms with Crippen molar-refractivity contribution < 1.29 is 10.2 Å². The molecule has 0 bridgehead atoms. The maximum atomic E-state index is 10.5. The van der Waals surface area contributed by atoms with Gasteiger partial charge in [0.2, 0.25) is 0 Å². The highest BCUT2D eigenvalue weighted by Crippen LogP contribution is 2.65. The predicted octanol–water partition coefficient (Wildman–Crippen LogP) is 9.92. The number of rotatable bonds is 10. The molecule has 8 aliphatic rings. The van der Waals surface area contributed by atoms with E-state index in [0.29, 0.717) is 69.3 Å². The maximum Gasteiger partial charge on any atom is 0.0543 e. The molecule has 328 valence electrons. The van der Waals surface area contributed by atoms with E-state index in [1.807, 2.05) is 0 Å². The van der Waals surface area contributed by atoms with Crippen molar-refractivity contribution >= 4 is 0 Å². The SMILES string of the molecule is C.C=C1CCC2[C@H](CN)C([C@@]3(C)CC[C@H](O)C[C@@H]3CNC3CCCC3)CC[C@]12C.C=C1CCC2[C@H](CN)C([C@@]3(C)CC[C@H](O)C[C@@H]3CNC3CCCC3)CC[C@]12C. The lowest BCUT2D eigenvalue weighted by molar-refractivity contribution is -0.0785. The summed E-state index contributed by atoms with van der Waals surface area (Å²) in [6.45, 7) is 22.8. The van der Waals surface area contributed by atoms with Crippen LogP contribution in [-0.4, -0.2) is 60.7 Å². The second-order valence-electron chi connectivity index (χ2n) is 22.5. The highest BCUT2D eigenvalue weighted by molar-refractivity contribution is 5.22. The van der Waals surface area contributed by atoms with Crippen molar-refractivity contribution in [3.63, 3.8) is 0 Å². The summed E-state index contributed by atoms with van der Waals surface area (Å²) in [6, 6.07) is 1.42. The molecule has 0 aromatic rings. The van der Waals surface area contributed by atoms with Gasteiger partial charge in [-0.05, 0) is 211 Å². The van der Waals surface area contributed by atoms with Crippen LogP contribution in [0.2, 0.25) is 0 Å². The molecule has 8 N–H and O–H groups in total. The number of fused-ring (bicyclic) bond motifs is 2. The van der Waals surface area contributed by atoms with E-state index in [9.17, 15) is 10.2 Å². The first-order chi connectivity index (χ1) is 26.8. The molecule has 6 nitrogen and oxygen atoms in total. The Balaban J connectivity index is 0.000000189. The molecule has 4 unspecified atom stereocenters. The fraction of sp³-hybridized carbons (Fsp3) is 0.922. The Bertz CT molecular complexity index is 1240. The average Bonchev–Trinajstić information content (AvgIpc) is 4.01. The summed E-state index contributed by atoms with van der Waals surface area (Å²) >= 11 is 0. The van der Waals surface area contributed by atoms with Gasteiger partial charge in [-0.1, -0.05) is 85.1 Å². The predicted molar refractivity (Wildman–Crippen MR) is 241 cm³/mol. The molecule has 14 atom stereocenters. The van der Waals surface area contributed by atoms with E-state index in [-0.39, 0.29) is 19.6 Å². The molecule has 8 saturated carbocycles. The summed E-state index contributed by atoms with van der Waals surface area (Å²) in [4.78, 5) is 0. The van der Waals surface area contributed by atoms with E-state index in [1.54, 1.807) is 0 Å². The second kappa shape index (κ2) is 18.7. The third-order valence-corrected chi connectivity index (χ3v) is 20.0. The summed E-state index contributed by atoms with van der Waals surface area (Å²) in [5.41, 5.74) is 17.2. The Labute approximate surface area is 351 Å². The van der Waals surface area contributed by atoms with E-state index in [1.165, 1.54) is 114 Å². The number of nitrogens with two attached hydrogens (primary N) is 2. The fourth-order valence-corrected chi connectivity index (χ4v) is 16.0.